The van der Waals surface area contributed by atoms with Crippen LogP contribution in [0.25, 0.3) is 0 Å². The number of thioether (sulfide) groups is 1. The van der Waals surface area contributed by atoms with E-state index in [1.54, 1.807) is 23.9 Å². The van der Waals surface area contributed by atoms with Crippen molar-refractivity contribution in [3.05, 3.63) is 35.6 Å². The summed E-state index contributed by atoms with van der Waals surface area (Å²) in [6.07, 6.45) is 6.34. The van der Waals surface area contributed by atoms with Gasteiger partial charge in [-0.25, -0.2) is 4.39 Å². The topological polar surface area (TPSA) is 17.1 Å². The van der Waals surface area contributed by atoms with Gasteiger partial charge in [-0.15, -0.1) is 0 Å². The van der Waals surface area contributed by atoms with Gasteiger partial charge in [0.05, 0.1) is 5.75 Å². The second-order valence-corrected chi connectivity index (χ2v) is 5.79. The van der Waals surface area contributed by atoms with Crippen LogP contribution in [0, 0.1) is 5.82 Å². The van der Waals surface area contributed by atoms with Gasteiger partial charge in [0.1, 0.15) is 5.82 Å². The fourth-order valence-electron chi connectivity index (χ4n) is 2.17. The molecule has 0 N–H and O–H groups in total. The normalized spacial score (nSPS) is 17.0. The highest BCUT2D eigenvalue weighted by Crippen LogP contribution is 2.28. The molecule has 92 valence electrons. The van der Waals surface area contributed by atoms with Gasteiger partial charge in [-0.3, -0.25) is 4.79 Å². The number of ketones is 1. The molecule has 1 nitrogen and oxygen atoms in total. The molecule has 1 aliphatic rings. The van der Waals surface area contributed by atoms with E-state index in [0.29, 0.717) is 16.6 Å². The van der Waals surface area contributed by atoms with Crippen molar-refractivity contribution in [2.45, 2.75) is 37.4 Å². The Labute approximate surface area is 106 Å². The molecule has 0 radical (unpaired) electrons. The van der Waals surface area contributed by atoms with Crippen molar-refractivity contribution in [3.8, 4) is 0 Å². The largest absolute Gasteiger partial charge is 0.293 e. The fraction of sp³-hybridized carbons (Fsp3) is 0.500. The first-order valence-corrected chi connectivity index (χ1v) is 7.21. The van der Waals surface area contributed by atoms with E-state index in [-0.39, 0.29) is 11.6 Å². The van der Waals surface area contributed by atoms with Gasteiger partial charge in [0, 0.05) is 10.8 Å². The van der Waals surface area contributed by atoms with Crippen molar-refractivity contribution in [1.29, 1.82) is 0 Å². The molecule has 0 atom stereocenters. The Morgan fingerprint density at radius 1 is 1.29 bits per heavy atom. The highest BCUT2D eigenvalue weighted by molar-refractivity contribution is 8.00. The van der Waals surface area contributed by atoms with Crippen molar-refractivity contribution in [3.63, 3.8) is 0 Å². The smallest absolute Gasteiger partial charge is 0.172 e. The Balaban J connectivity index is 1.84. The highest BCUT2D eigenvalue weighted by Gasteiger charge is 2.16. The van der Waals surface area contributed by atoms with Crippen molar-refractivity contribution < 1.29 is 9.18 Å². The van der Waals surface area contributed by atoms with Crippen LogP contribution in [0.1, 0.15) is 42.5 Å². The SMILES string of the molecule is O=C(CSC1CCCCC1)c1cccc(F)c1. The van der Waals surface area contributed by atoms with Crippen molar-refractivity contribution in [2.75, 3.05) is 5.75 Å². The van der Waals surface area contributed by atoms with Crippen LogP contribution in [0.3, 0.4) is 0 Å². The number of carbonyl (C=O) groups is 1. The lowest BCUT2D eigenvalue weighted by atomic mass is 10.0. The maximum absolute atomic E-state index is 13.0. The van der Waals surface area contributed by atoms with Crippen LogP contribution in [0.4, 0.5) is 4.39 Å². The first-order chi connectivity index (χ1) is 8.25. The number of carbonyl (C=O) groups excluding carboxylic acids is 1. The van der Waals surface area contributed by atoms with E-state index in [9.17, 15) is 9.18 Å². The quantitative estimate of drug-likeness (QED) is 0.751. The third kappa shape index (κ3) is 3.84. The number of hydrogen-bond donors (Lipinski definition) is 0. The van der Waals surface area contributed by atoms with Gasteiger partial charge in [0.2, 0.25) is 0 Å². The molecule has 0 spiro atoms. The summed E-state index contributed by atoms with van der Waals surface area (Å²) in [5, 5.41) is 0.626. The van der Waals surface area contributed by atoms with Crippen LogP contribution in [-0.4, -0.2) is 16.8 Å². The van der Waals surface area contributed by atoms with E-state index >= 15 is 0 Å². The molecule has 0 bridgehead atoms. The molecular weight excluding hydrogens is 235 g/mol. The molecule has 1 aliphatic carbocycles. The van der Waals surface area contributed by atoms with Gasteiger partial charge in [0.25, 0.3) is 0 Å². The Morgan fingerprint density at radius 3 is 2.76 bits per heavy atom. The van der Waals surface area contributed by atoms with E-state index in [1.165, 1.54) is 44.2 Å². The molecule has 1 fully saturated rings. The minimum absolute atomic E-state index is 0.0417. The lowest BCUT2D eigenvalue weighted by Crippen LogP contribution is -2.12. The van der Waals surface area contributed by atoms with Crippen LogP contribution >= 0.6 is 11.8 Å². The summed E-state index contributed by atoms with van der Waals surface area (Å²) in [4.78, 5) is 11.9. The van der Waals surface area contributed by atoms with E-state index in [4.69, 9.17) is 0 Å². The summed E-state index contributed by atoms with van der Waals surface area (Å²) < 4.78 is 13.0. The zero-order valence-corrected chi connectivity index (χ0v) is 10.6. The molecular formula is C14H17FOS. The van der Waals surface area contributed by atoms with Crippen molar-refractivity contribution >= 4 is 17.5 Å². The third-order valence-corrected chi connectivity index (χ3v) is 4.52. The van der Waals surface area contributed by atoms with Gasteiger partial charge in [-0.2, -0.15) is 11.8 Å². The molecule has 1 saturated carbocycles. The Kier molecular flexibility index (Phi) is 4.60. The van der Waals surface area contributed by atoms with Gasteiger partial charge in [-0.1, -0.05) is 31.4 Å². The average Bonchev–Trinajstić information content (AvgIpc) is 2.37. The Morgan fingerprint density at radius 2 is 2.06 bits per heavy atom. The average molecular weight is 252 g/mol. The molecule has 17 heavy (non-hydrogen) atoms. The van der Waals surface area contributed by atoms with E-state index < -0.39 is 0 Å². The second-order valence-electron chi connectivity index (χ2n) is 4.50. The summed E-state index contributed by atoms with van der Waals surface area (Å²) >= 11 is 1.73. The van der Waals surface area contributed by atoms with Gasteiger partial charge in [0.15, 0.2) is 5.78 Å². The summed E-state index contributed by atoms with van der Waals surface area (Å²) in [6, 6.07) is 5.97. The molecule has 3 heteroatoms. The van der Waals surface area contributed by atoms with Gasteiger partial charge in [-0.05, 0) is 25.0 Å². The monoisotopic (exact) mass is 252 g/mol. The zero-order chi connectivity index (χ0) is 12.1. The van der Waals surface area contributed by atoms with Crippen LogP contribution in [0.2, 0.25) is 0 Å². The fourth-order valence-corrected chi connectivity index (χ4v) is 3.39. The maximum atomic E-state index is 13.0. The molecule has 0 unspecified atom stereocenters. The van der Waals surface area contributed by atoms with E-state index in [1.807, 2.05) is 0 Å². The first-order valence-electron chi connectivity index (χ1n) is 6.16. The third-order valence-electron chi connectivity index (χ3n) is 3.15. The standard InChI is InChI=1S/C14H17FOS/c15-12-6-4-5-11(9-12)14(16)10-17-13-7-2-1-3-8-13/h4-6,9,13H,1-3,7-8,10H2. The molecule has 2 rings (SSSR count). The van der Waals surface area contributed by atoms with E-state index in [2.05, 4.69) is 0 Å². The Bertz CT molecular complexity index is 386. The minimum atomic E-state index is -0.335. The summed E-state index contributed by atoms with van der Waals surface area (Å²) in [5.74, 6) is 0.187. The summed E-state index contributed by atoms with van der Waals surface area (Å²) in [5.41, 5.74) is 0.494. The summed E-state index contributed by atoms with van der Waals surface area (Å²) in [6.45, 7) is 0. The molecule has 1 aromatic rings. The molecule has 0 amide bonds. The molecule has 1 aromatic carbocycles. The van der Waals surface area contributed by atoms with Gasteiger partial charge >= 0.3 is 0 Å². The number of rotatable bonds is 4. The first kappa shape index (κ1) is 12.6. The predicted molar refractivity (Wildman–Crippen MR) is 70.1 cm³/mol. The molecule has 0 aromatic heterocycles. The van der Waals surface area contributed by atoms with Crippen LogP contribution in [0.15, 0.2) is 24.3 Å². The van der Waals surface area contributed by atoms with Crippen LogP contribution < -0.4 is 0 Å². The molecule has 0 aliphatic heterocycles. The highest BCUT2D eigenvalue weighted by atomic mass is 32.2. The van der Waals surface area contributed by atoms with Gasteiger partial charge < -0.3 is 0 Å². The minimum Gasteiger partial charge on any atom is -0.293 e. The number of benzene rings is 1. The predicted octanol–water partition coefficient (Wildman–Crippen LogP) is 4.07. The van der Waals surface area contributed by atoms with E-state index in [0.717, 1.165) is 0 Å². The molecule has 0 heterocycles. The summed E-state index contributed by atoms with van der Waals surface area (Å²) in [7, 11) is 0. The second kappa shape index (κ2) is 6.20. The lowest BCUT2D eigenvalue weighted by Gasteiger charge is -2.20. The van der Waals surface area contributed by atoms with Crippen molar-refractivity contribution in [1.82, 2.24) is 0 Å². The van der Waals surface area contributed by atoms with Crippen LogP contribution in [0.5, 0.6) is 0 Å². The number of Topliss-reactive ketones (excluding diaryl/α,β-unsaturated/α-hetero) is 1. The Hall–Kier alpha value is -0.830. The lowest BCUT2D eigenvalue weighted by molar-refractivity contribution is 0.102. The number of halogens is 1. The molecule has 0 saturated heterocycles. The maximum Gasteiger partial charge on any atom is 0.172 e. The van der Waals surface area contributed by atoms with Crippen molar-refractivity contribution in [2.24, 2.45) is 0 Å². The number of hydrogen-bond acceptors (Lipinski definition) is 2. The zero-order valence-electron chi connectivity index (χ0n) is 9.82. The van der Waals surface area contributed by atoms with Crippen LogP contribution in [-0.2, 0) is 0 Å².